The van der Waals surface area contributed by atoms with Gasteiger partial charge in [-0.3, -0.25) is 14.7 Å². The lowest BCUT2D eigenvalue weighted by Crippen LogP contribution is -2.46. The predicted octanol–water partition coefficient (Wildman–Crippen LogP) is 5.22. The van der Waals surface area contributed by atoms with Gasteiger partial charge in [0.05, 0.1) is 11.8 Å². The van der Waals surface area contributed by atoms with Crippen LogP contribution in [0.2, 0.25) is 0 Å². The number of carbonyl (C=O) groups excluding carboxylic acids is 1. The lowest BCUT2D eigenvalue weighted by atomic mass is 10.1. The molecule has 0 radical (unpaired) electrons. The Bertz CT molecular complexity index is 1320. The second-order valence-electron chi connectivity index (χ2n) is 9.33. The number of nitrogens with two attached hydrogens (primary N) is 1. The Balaban J connectivity index is 0.000000174. The number of aromatic nitrogens is 1. The SMILES string of the molecule is Cc1ccc(N2CCN(Cc3ccoc3C)CC2)cc1.Cc1nc2ccc(NC=O)cc2c(N)c1C. The molecule has 36 heavy (non-hydrogen) atoms. The molecule has 0 spiro atoms. The van der Waals surface area contributed by atoms with E-state index in [1.54, 1.807) is 12.3 Å². The molecule has 0 aliphatic carbocycles. The van der Waals surface area contributed by atoms with Gasteiger partial charge in [0.2, 0.25) is 6.41 Å². The Kier molecular flexibility index (Phi) is 7.90. The number of nitrogens with zero attached hydrogens (tertiary/aromatic N) is 3. The molecule has 2 aromatic heterocycles. The van der Waals surface area contributed by atoms with Gasteiger partial charge < -0.3 is 20.4 Å². The van der Waals surface area contributed by atoms with Crippen molar-refractivity contribution in [2.45, 2.75) is 34.2 Å². The minimum absolute atomic E-state index is 0.645. The second-order valence-corrected chi connectivity index (χ2v) is 9.33. The highest BCUT2D eigenvalue weighted by Gasteiger charge is 2.18. The smallest absolute Gasteiger partial charge is 0.211 e. The molecular formula is C29H35N5O2. The molecule has 5 rings (SSSR count). The molecule has 7 heteroatoms. The Labute approximate surface area is 212 Å². The summed E-state index contributed by atoms with van der Waals surface area (Å²) in [5.41, 5.74) is 14.2. The minimum Gasteiger partial charge on any atom is -0.469 e. The first-order valence-corrected chi connectivity index (χ1v) is 12.3. The Morgan fingerprint density at radius 3 is 2.36 bits per heavy atom. The summed E-state index contributed by atoms with van der Waals surface area (Å²) in [4.78, 5) is 19.8. The molecule has 1 amide bonds. The van der Waals surface area contributed by atoms with E-state index in [0.717, 1.165) is 72.0 Å². The van der Waals surface area contributed by atoms with Crippen molar-refractivity contribution in [3.05, 3.63) is 82.9 Å². The van der Waals surface area contributed by atoms with Crippen molar-refractivity contribution >= 4 is 34.4 Å². The van der Waals surface area contributed by atoms with Crippen LogP contribution >= 0.6 is 0 Å². The van der Waals surface area contributed by atoms with Crippen molar-refractivity contribution in [3.63, 3.8) is 0 Å². The van der Waals surface area contributed by atoms with Gasteiger partial charge in [0.15, 0.2) is 0 Å². The molecular weight excluding hydrogens is 450 g/mol. The highest BCUT2D eigenvalue weighted by Crippen LogP contribution is 2.27. The molecule has 3 N–H and O–H groups in total. The molecule has 1 aliphatic heterocycles. The molecule has 4 aromatic rings. The van der Waals surface area contributed by atoms with Crippen molar-refractivity contribution < 1.29 is 9.21 Å². The largest absolute Gasteiger partial charge is 0.469 e. The van der Waals surface area contributed by atoms with Gasteiger partial charge in [0.1, 0.15) is 5.76 Å². The van der Waals surface area contributed by atoms with E-state index in [-0.39, 0.29) is 0 Å². The van der Waals surface area contributed by atoms with E-state index < -0.39 is 0 Å². The van der Waals surface area contributed by atoms with Crippen LogP contribution in [0, 0.1) is 27.7 Å². The zero-order chi connectivity index (χ0) is 25.7. The lowest BCUT2D eigenvalue weighted by molar-refractivity contribution is -0.105. The molecule has 1 aliphatic rings. The lowest BCUT2D eigenvalue weighted by Gasteiger charge is -2.36. The number of hydrogen-bond acceptors (Lipinski definition) is 6. The summed E-state index contributed by atoms with van der Waals surface area (Å²) in [5.74, 6) is 1.05. The first-order chi connectivity index (χ1) is 17.4. The van der Waals surface area contributed by atoms with Gasteiger partial charge in [0, 0.05) is 66.4 Å². The van der Waals surface area contributed by atoms with Crippen LogP contribution in [0.15, 0.2) is 59.2 Å². The Hall–Kier alpha value is -3.84. The van der Waals surface area contributed by atoms with E-state index in [9.17, 15) is 4.79 Å². The van der Waals surface area contributed by atoms with Gasteiger partial charge in [-0.05, 0) is 69.7 Å². The number of pyridine rings is 1. The number of nitrogen functional groups attached to an aromatic ring is 1. The topological polar surface area (TPSA) is 87.6 Å². The number of amides is 1. The van der Waals surface area contributed by atoms with Gasteiger partial charge >= 0.3 is 0 Å². The van der Waals surface area contributed by atoms with E-state index in [1.807, 2.05) is 32.9 Å². The summed E-state index contributed by atoms with van der Waals surface area (Å²) in [6, 6.07) is 16.4. The van der Waals surface area contributed by atoms with Crippen LogP contribution in [0.1, 0.15) is 28.1 Å². The van der Waals surface area contributed by atoms with Crippen LogP contribution < -0.4 is 16.0 Å². The molecule has 7 nitrogen and oxygen atoms in total. The van der Waals surface area contributed by atoms with Gasteiger partial charge in [-0.1, -0.05) is 17.7 Å². The number of aryl methyl sites for hydroxylation is 3. The third kappa shape index (κ3) is 5.86. The first kappa shape index (κ1) is 25.3. The number of hydrogen-bond donors (Lipinski definition) is 2. The molecule has 1 fully saturated rings. The number of nitrogens with one attached hydrogen (secondary N) is 1. The molecule has 188 valence electrons. The summed E-state index contributed by atoms with van der Waals surface area (Å²) < 4.78 is 5.37. The number of piperazine rings is 1. The average Bonchev–Trinajstić information content (AvgIpc) is 3.29. The van der Waals surface area contributed by atoms with Crippen LogP contribution in [0.4, 0.5) is 17.1 Å². The van der Waals surface area contributed by atoms with Crippen molar-refractivity contribution in [1.82, 2.24) is 9.88 Å². The van der Waals surface area contributed by atoms with Gasteiger partial charge in [-0.2, -0.15) is 0 Å². The molecule has 0 atom stereocenters. The third-order valence-electron chi connectivity index (χ3n) is 6.88. The normalized spacial score (nSPS) is 13.8. The highest BCUT2D eigenvalue weighted by atomic mass is 16.3. The van der Waals surface area contributed by atoms with E-state index in [1.165, 1.54) is 16.8 Å². The summed E-state index contributed by atoms with van der Waals surface area (Å²) >= 11 is 0. The van der Waals surface area contributed by atoms with Crippen LogP contribution in [-0.4, -0.2) is 42.5 Å². The summed E-state index contributed by atoms with van der Waals surface area (Å²) in [5, 5.41) is 3.47. The molecule has 0 bridgehead atoms. The molecule has 0 unspecified atom stereocenters. The minimum atomic E-state index is 0.645. The van der Waals surface area contributed by atoms with E-state index in [4.69, 9.17) is 10.2 Å². The van der Waals surface area contributed by atoms with Crippen molar-refractivity contribution in [2.75, 3.05) is 42.1 Å². The van der Waals surface area contributed by atoms with Gasteiger partial charge in [0.25, 0.3) is 0 Å². The van der Waals surface area contributed by atoms with E-state index in [0.29, 0.717) is 6.41 Å². The Morgan fingerprint density at radius 1 is 1.00 bits per heavy atom. The standard InChI is InChI=1S/C17H22N2O.C12H13N3O/c1-14-3-5-17(6-4-14)19-10-8-18(9-11-19)13-16-7-12-20-15(16)2;1-7-8(2)15-11-4-3-9(14-6-16)5-10(11)12(7)13/h3-7,12H,8-11,13H2,1-2H3;3-6H,1-2H3,(H2,13,15)(H,14,16). The second kappa shape index (κ2) is 11.3. The fraction of sp³-hybridized carbons (Fsp3) is 0.310. The van der Waals surface area contributed by atoms with Crippen LogP contribution in [-0.2, 0) is 11.3 Å². The fourth-order valence-electron chi connectivity index (χ4n) is 4.40. The predicted molar refractivity (Wildman–Crippen MR) is 147 cm³/mol. The zero-order valence-electron chi connectivity index (χ0n) is 21.5. The number of benzene rings is 2. The van der Waals surface area contributed by atoms with E-state index in [2.05, 4.69) is 57.4 Å². The molecule has 2 aromatic carbocycles. The maximum Gasteiger partial charge on any atom is 0.211 e. The van der Waals surface area contributed by atoms with E-state index >= 15 is 0 Å². The average molecular weight is 486 g/mol. The molecule has 0 saturated carbocycles. The monoisotopic (exact) mass is 485 g/mol. The fourth-order valence-corrected chi connectivity index (χ4v) is 4.40. The van der Waals surface area contributed by atoms with Crippen molar-refractivity contribution in [2.24, 2.45) is 0 Å². The number of furan rings is 1. The number of fused-ring (bicyclic) bond motifs is 1. The van der Waals surface area contributed by atoms with Gasteiger partial charge in [-0.15, -0.1) is 0 Å². The quantitative estimate of drug-likeness (QED) is 0.377. The number of carbonyl (C=O) groups is 1. The summed E-state index contributed by atoms with van der Waals surface area (Å²) in [6.07, 6.45) is 2.43. The summed E-state index contributed by atoms with van der Waals surface area (Å²) in [7, 11) is 0. The third-order valence-corrected chi connectivity index (χ3v) is 6.88. The molecule has 1 saturated heterocycles. The van der Waals surface area contributed by atoms with Crippen molar-refractivity contribution in [3.8, 4) is 0 Å². The van der Waals surface area contributed by atoms with Crippen LogP contribution in [0.3, 0.4) is 0 Å². The Morgan fingerprint density at radius 2 is 1.72 bits per heavy atom. The highest BCUT2D eigenvalue weighted by molar-refractivity contribution is 5.95. The van der Waals surface area contributed by atoms with Crippen LogP contribution in [0.25, 0.3) is 10.9 Å². The van der Waals surface area contributed by atoms with Crippen LogP contribution in [0.5, 0.6) is 0 Å². The van der Waals surface area contributed by atoms with Gasteiger partial charge in [-0.25, -0.2) is 0 Å². The van der Waals surface area contributed by atoms with Crippen molar-refractivity contribution in [1.29, 1.82) is 0 Å². The maximum atomic E-state index is 10.4. The molecule has 3 heterocycles. The first-order valence-electron chi connectivity index (χ1n) is 12.3. The number of anilines is 3. The zero-order valence-corrected chi connectivity index (χ0v) is 21.5. The summed E-state index contributed by atoms with van der Waals surface area (Å²) in [6.45, 7) is 13.5. The number of rotatable bonds is 5. The maximum absolute atomic E-state index is 10.4.